The zero-order chi connectivity index (χ0) is 25.5. The van der Waals surface area contributed by atoms with Crippen LogP contribution in [0.5, 0.6) is 0 Å². The van der Waals surface area contributed by atoms with Crippen LogP contribution in [0.3, 0.4) is 0 Å². The predicted molar refractivity (Wildman–Crippen MR) is 120 cm³/mol. The SMILES string of the molecule is NC(=O)[C@H]1[C@H]2C[C@@H]([C@H]1Nc1nc(Cl)ncc1F)[C@H](NC(=O)CS(=O)(=O)c1cccc([N+](=O)[O-])c1)C2. The molecule has 0 spiro atoms. The van der Waals surface area contributed by atoms with Crippen molar-refractivity contribution in [2.45, 2.75) is 29.8 Å². The maximum atomic E-state index is 14.2. The lowest BCUT2D eigenvalue weighted by atomic mass is 9.81. The first-order valence-electron chi connectivity index (χ1n) is 10.5. The minimum Gasteiger partial charge on any atom is -0.369 e. The van der Waals surface area contributed by atoms with Gasteiger partial charge >= 0.3 is 0 Å². The number of hydrogen-bond donors (Lipinski definition) is 3. The van der Waals surface area contributed by atoms with Gasteiger partial charge in [-0.1, -0.05) is 6.07 Å². The number of non-ortho nitro benzene ring substituents is 1. The first-order chi connectivity index (χ1) is 16.5. The van der Waals surface area contributed by atoms with E-state index in [0.717, 1.165) is 18.3 Å². The van der Waals surface area contributed by atoms with Crippen LogP contribution in [0.15, 0.2) is 35.4 Å². The average molecular weight is 527 g/mol. The summed E-state index contributed by atoms with van der Waals surface area (Å²) in [6.45, 7) is 0. The summed E-state index contributed by atoms with van der Waals surface area (Å²) < 4.78 is 39.5. The molecule has 2 aliphatic rings. The Morgan fingerprint density at radius 1 is 1.31 bits per heavy atom. The summed E-state index contributed by atoms with van der Waals surface area (Å²) in [4.78, 5) is 41.9. The van der Waals surface area contributed by atoms with Gasteiger partial charge in [0.1, 0.15) is 5.75 Å². The maximum absolute atomic E-state index is 14.2. The molecule has 0 aliphatic heterocycles. The van der Waals surface area contributed by atoms with Gasteiger partial charge in [-0.3, -0.25) is 19.7 Å². The van der Waals surface area contributed by atoms with E-state index >= 15 is 0 Å². The Bertz CT molecular complexity index is 1310. The molecular formula is C20H20ClFN6O6S. The number of rotatable bonds is 8. The fourth-order valence-electron chi connectivity index (χ4n) is 5.03. The van der Waals surface area contributed by atoms with Crippen molar-refractivity contribution in [2.75, 3.05) is 11.1 Å². The van der Waals surface area contributed by atoms with Crippen molar-refractivity contribution in [1.29, 1.82) is 0 Å². The highest BCUT2D eigenvalue weighted by Crippen LogP contribution is 2.49. The van der Waals surface area contributed by atoms with Gasteiger partial charge in [0.2, 0.25) is 17.1 Å². The maximum Gasteiger partial charge on any atom is 0.270 e. The second-order valence-corrected chi connectivity index (χ2v) is 10.8. The van der Waals surface area contributed by atoms with E-state index in [1.54, 1.807) is 0 Å². The fourth-order valence-corrected chi connectivity index (χ4v) is 6.35. The Kier molecular flexibility index (Phi) is 6.60. The van der Waals surface area contributed by atoms with Gasteiger partial charge in [0, 0.05) is 30.1 Å². The summed E-state index contributed by atoms with van der Waals surface area (Å²) in [7, 11) is -4.15. The van der Waals surface area contributed by atoms with E-state index in [9.17, 15) is 32.5 Å². The number of nitrogens with two attached hydrogens (primary N) is 1. The minimum absolute atomic E-state index is 0.205. The number of nitro groups is 1. The number of nitro benzene ring substituents is 1. The molecule has 1 aromatic heterocycles. The van der Waals surface area contributed by atoms with Crippen molar-refractivity contribution >= 4 is 44.8 Å². The van der Waals surface area contributed by atoms with Gasteiger partial charge in [0.05, 0.1) is 21.9 Å². The largest absolute Gasteiger partial charge is 0.369 e. The molecular weight excluding hydrogens is 507 g/mol. The zero-order valence-corrected chi connectivity index (χ0v) is 19.5. The van der Waals surface area contributed by atoms with Crippen LogP contribution >= 0.6 is 11.6 Å². The summed E-state index contributed by atoms with van der Waals surface area (Å²) in [5, 5.41) is 16.3. The molecule has 15 heteroatoms. The van der Waals surface area contributed by atoms with Crippen molar-refractivity contribution in [3.05, 3.63) is 51.7 Å². The second-order valence-electron chi connectivity index (χ2n) is 8.52. The molecule has 186 valence electrons. The highest BCUT2D eigenvalue weighted by Gasteiger charge is 2.55. The standard InChI is InChI=1S/C20H20ClFN6O6S/c21-20-24-7-13(22)19(27-20)26-17-12-4-9(16(17)18(23)30)5-14(12)25-15(29)8-35(33,34)11-3-1-2-10(6-11)28(31)32/h1-3,6-7,9,12,14,16-17H,4-5,8H2,(H2,23,30)(H,25,29)(H,24,26,27)/t9-,12+,14+,16-,17+/m0/s1. The second kappa shape index (κ2) is 9.34. The Balaban J connectivity index is 1.49. The highest BCUT2D eigenvalue weighted by molar-refractivity contribution is 7.92. The topological polar surface area (TPSA) is 187 Å². The summed E-state index contributed by atoms with van der Waals surface area (Å²) in [6, 6.07) is 3.24. The van der Waals surface area contributed by atoms with Crippen LogP contribution in [0.2, 0.25) is 5.28 Å². The Morgan fingerprint density at radius 3 is 2.74 bits per heavy atom. The molecule has 5 atom stereocenters. The quantitative estimate of drug-likeness (QED) is 0.256. The van der Waals surface area contributed by atoms with Crippen molar-refractivity contribution in [3.8, 4) is 0 Å². The number of amides is 2. The number of anilines is 1. The molecule has 0 unspecified atom stereocenters. The lowest BCUT2D eigenvalue weighted by Crippen LogP contribution is -2.52. The normalized spacial score (nSPS) is 25.3. The van der Waals surface area contributed by atoms with Gasteiger partial charge in [-0.05, 0) is 36.4 Å². The number of hydrogen-bond acceptors (Lipinski definition) is 9. The molecule has 2 fully saturated rings. The number of nitrogens with one attached hydrogen (secondary N) is 2. The monoisotopic (exact) mass is 526 g/mol. The molecule has 0 saturated heterocycles. The summed E-state index contributed by atoms with van der Waals surface area (Å²) in [6.07, 6.45) is 1.75. The first-order valence-corrected chi connectivity index (χ1v) is 12.5. The van der Waals surface area contributed by atoms with Gasteiger partial charge in [-0.2, -0.15) is 4.98 Å². The molecule has 2 amide bonds. The predicted octanol–water partition coefficient (Wildman–Crippen LogP) is 1.06. The van der Waals surface area contributed by atoms with Crippen LogP contribution < -0.4 is 16.4 Å². The molecule has 1 aromatic carbocycles. The molecule has 2 bridgehead atoms. The van der Waals surface area contributed by atoms with E-state index in [4.69, 9.17) is 17.3 Å². The van der Waals surface area contributed by atoms with Crippen molar-refractivity contribution in [3.63, 3.8) is 0 Å². The molecule has 4 rings (SSSR count). The molecule has 2 aromatic rings. The van der Waals surface area contributed by atoms with Crippen LogP contribution in [0.1, 0.15) is 12.8 Å². The van der Waals surface area contributed by atoms with E-state index in [-0.39, 0.29) is 27.8 Å². The number of halogens is 2. The van der Waals surface area contributed by atoms with Crippen molar-refractivity contribution in [1.82, 2.24) is 15.3 Å². The van der Waals surface area contributed by atoms with Crippen LogP contribution in [-0.2, 0) is 19.4 Å². The number of benzene rings is 1. The van der Waals surface area contributed by atoms with E-state index in [1.807, 2.05) is 0 Å². The number of aromatic nitrogens is 2. The lowest BCUT2D eigenvalue weighted by Gasteiger charge is -2.35. The van der Waals surface area contributed by atoms with E-state index in [0.29, 0.717) is 12.8 Å². The number of nitrogens with zero attached hydrogens (tertiary/aromatic N) is 3. The molecule has 2 aliphatic carbocycles. The molecule has 0 radical (unpaired) electrons. The van der Waals surface area contributed by atoms with Gasteiger partial charge in [0.25, 0.3) is 5.69 Å². The van der Waals surface area contributed by atoms with E-state index in [2.05, 4.69) is 20.6 Å². The van der Waals surface area contributed by atoms with Gasteiger partial charge < -0.3 is 16.4 Å². The number of carbonyl (C=O) groups excluding carboxylic acids is 2. The third-order valence-electron chi connectivity index (χ3n) is 6.41. The molecule has 4 N–H and O–H groups in total. The third kappa shape index (κ3) is 5.03. The summed E-state index contributed by atoms with van der Waals surface area (Å²) in [5.41, 5.74) is 5.16. The molecule has 1 heterocycles. The fraction of sp³-hybridized carbons (Fsp3) is 0.400. The molecule has 35 heavy (non-hydrogen) atoms. The number of carbonyl (C=O) groups is 2. The van der Waals surface area contributed by atoms with Crippen molar-refractivity contribution in [2.24, 2.45) is 23.5 Å². The van der Waals surface area contributed by atoms with Gasteiger partial charge in [0.15, 0.2) is 21.5 Å². The zero-order valence-electron chi connectivity index (χ0n) is 17.9. The van der Waals surface area contributed by atoms with Crippen LogP contribution in [-0.4, -0.2) is 53.0 Å². The van der Waals surface area contributed by atoms with E-state index in [1.165, 1.54) is 12.1 Å². The van der Waals surface area contributed by atoms with Crippen LogP contribution in [0.4, 0.5) is 15.9 Å². The molecule has 12 nitrogen and oxygen atoms in total. The summed E-state index contributed by atoms with van der Waals surface area (Å²) in [5.74, 6) is -4.56. The van der Waals surface area contributed by atoms with Crippen molar-refractivity contribution < 1.29 is 27.3 Å². The number of primary amides is 1. The smallest absolute Gasteiger partial charge is 0.270 e. The number of sulfone groups is 1. The van der Waals surface area contributed by atoms with Crippen LogP contribution in [0.25, 0.3) is 0 Å². The van der Waals surface area contributed by atoms with Gasteiger partial charge in [-0.25, -0.2) is 17.8 Å². The van der Waals surface area contributed by atoms with E-state index < -0.39 is 61.8 Å². The lowest BCUT2D eigenvalue weighted by molar-refractivity contribution is -0.385. The Morgan fingerprint density at radius 2 is 2.06 bits per heavy atom. The number of fused-ring (bicyclic) bond motifs is 2. The Labute approximate surface area is 203 Å². The van der Waals surface area contributed by atoms with Gasteiger partial charge in [-0.15, -0.1) is 0 Å². The molecule has 2 saturated carbocycles. The average Bonchev–Trinajstić information content (AvgIpc) is 3.33. The third-order valence-corrected chi connectivity index (χ3v) is 8.20. The highest BCUT2D eigenvalue weighted by atomic mass is 35.5. The first kappa shape index (κ1) is 24.7. The van der Waals surface area contributed by atoms with Crippen LogP contribution in [0, 0.1) is 33.7 Å². The summed E-state index contributed by atoms with van der Waals surface area (Å²) >= 11 is 5.75. The minimum atomic E-state index is -4.15. The Hall–Kier alpha value is -3.39.